The first-order valence-electron chi connectivity index (χ1n) is 12.8. The summed E-state index contributed by atoms with van der Waals surface area (Å²) in [6, 6.07) is 22.4. The first-order chi connectivity index (χ1) is 15.4. The Labute approximate surface area is 225 Å². The van der Waals surface area contributed by atoms with E-state index in [4.69, 9.17) is 0 Å². The predicted octanol–water partition coefficient (Wildman–Crippen LogP) is 10.3. The Morgan fingerprint density at radius 2 is 1.09 bits per heavy atom. The van der Waals surface area contributed by atoms with E-state index in [-0.39, 0.29) is 38.7 Å². The molecule has 4 aromatic carbocycles. The van der Waals surface area contributed by atoms with Gasteiger partial charge >= 0.3 is 17.1 Å². The molecule has 0 aliphatic heterocycles. The van der Waals surface area contributed by atoms with Gasteiger partial charge in [-0.25, -0.2) is 0 Å². The zero-order valence-corrected chi connectivity index (χ0v) is 25.3. The molecule has 4 rings (SSSR count). The first kappa shape index (κ1) is 29.4. The third-order valence-corrected chi connectivity index (χ3v) is 6.82. The quantitative estimate of drug-likeness (QED) is 0.163. The fraction of sp³-hybridized carbons (Fsp3) is 0.471. The van der Waals surface area contributed by atoms with E-state index in [1.54, 1.807) is 0 Å². The maximum atomic E-state index is 2.41. The zero-order chi connectivity index (χ0) is 25.7. The molecule has 0 unspecified atom stereocenters. The van der Waals surface area contributed by atoms with Crippen LogP contribution in [0.1, 0.15) is 105 Å². The summed E-state index contributed by atoms with van der Waals surface area (Å²) >= 11 is 0. The van der Waals surface area contributed by atoms with E-state index < -0.39 is 0 Å². The summed E-state index contributed by atoms with van der Waals surface area (Å²) in [4.78, 5) is 0. The van der Waals surface area contributed by atoms with Crippen molar-refractivity contribution in [3.63, 3.8) is 0 Å². The van der Waals surface area contributed by atoms with Crippen molar-refractivity contribution in [1.82, 2.24) is 0 Å². The summed E-state index contributed by atoms with van der Waals surface area (Å²) in [6.07, 6.45) is 0. The molecule has 0 heterocycles. The van der Waals surface area contributed by atoms with Gasteiger partial charge in [-0.15, -0.1) is 93.0 Å². The summed E-state index contributed by atoms with van der Waals surface area (Å²) in [7, 11) is 0. The summed E-state index contributed by atoms with van der Waals surface area (Å²) in [5.74, 6) is 0. The number of hydrogen-bond acceptors (Lipinski definition) is 0. The fourth-order valence-corrected chi connectivity index (χ4v) is 4.99. The molecule has 0 fully saturated rings. The van der Waals surface area contributed by atoms with Gasteiger partial charge in [0.05, 0.1) is 0 Å². The largest absolute Gasteiger partial charge is 2.00 e. The Hall–Kier alpha value is -1.82. The molecule has 1 radical (unpaired) electrons. The van der Waals surface area contributed by atoms with Gasteiger partial charge in [-0.2, -0.15) is 0 Å². The van der Waals surface area contributed by atoms with Crippen molar-refractivity contribution in [3.05, 3.63) is 82.9 Å². The van der Waals surface area contributed by atoms with E-state index >= 15 is 0 Å². The molecule has 189 valence electrons. The molecule has 4 aromatic rings. The normalized spacial score (nSPS) is 12.9. The first-order valence-corrected chi connectivity index (χ1v) is 12.8. The van der Waals surface area contributed by atoms with Crippen LogP contribution >= 0.6 is 0 Å². The standard InChI is InChI=1S/2C17H23.Mn/c2*1-16(2,3)14-11-15(17(4,5)6)13-10-8-7-9-12(13)14;/h2*7-11H,1-6H3;/q2*-1;+2. The van der Waals surface area contributed by atoms with Crippen LogP contribution in [0.25, 0.3) is 21.5 Å². The topological polar surface area (TPSA) is 0 Å². The molecule has 0 saturated carbocycles. The van der Waals surface area contributed by atoms with Crippen molar-refractivity contribution >= 4 is 21.5 Å². The molecule has 0 aliphatic carbocycles. The Balaban J connectivity index is 0.000000240. The smallest absolute Gasteiger partial charge is 0.148 e. The maximum Gasteiger partial charge on any atom is 2.00 e. The van der Waals surface area contributed by atoms with Gasteiger partial charge in [0.2, 0.25) is 0 Å². The van der Waals surface area contributed by atoms with Crippen LogP contribution in [0.2, 0.25) is 0 Å². The van der Waals surface area contributed by atoms with Crippen LogP contribution in [0.5, 0.6) is 0 Å². The molecule has 0 atom stereocenters. The van der Waals surface area contributed by atoms with Crippen LogP contribution in [0.15, 0.2) is 60.7 Å². The Morgan fingerprint density at radius 1 is 0.571 bits per heavy atom. The Morgan fingerprint density at radius 3 is 1.60 bits per heavy atom. The minimum Gasteiger partial charge on any atom is -0.148 e. The van der Waals surface area contributed by atoms with Crippen molar-refractivity contribution in [1.29, 1.82) is 0 Å². The van der Waals surface area contributed by atoms with Gasteiger partial charge in [-0.1, -0.05) is 100.0 Å². The van der Waals surface area contributed by atoms with E-state index in [9.17, 15) is 0 Å². The Bertz CT molecular complexity index is 1070. The molecule has 0 bridgehead atoms. The third-order valence-electron chi connectivity index (χ3n) is 6.82. The van der Waals surface area contributed by atoms with Crippen molar-refractivity contribution in [3.8, 4) is 0 Å². The summed E-state index contributed by atoms with van der Waals surface area (Å²) in [6.45, 7) is 27.5. The van der Waals surface area contributed by atoms with E-state index in [0.717, 1.165) is 0 Å². The molecule has 0 aromatic heterocycles. The molecular formula is C34H46Mn. The van der Waals surface area contributed by atoms with Gasteiger partial charge < -0.3 is 0 Å². The molecule has 0 N–H and O–H groups in total. The van der Waals surface area contributed by atoms with Gasteiger partial charge in [0, 0.05) is 0 Å². The van der Waals surface area contributed by atoms with Crippen LogP contribution in [-0.4, -0.2) is 0 Å². The number of benzene rings is 2. The Kier molecular flexibility index (Phi) is 8.33. The van der Waals surface area contributed by atoms with Crippen molar-refractivity contribution in [2.45, 2.75) is 105 Å². The van der Waals surface area contributed by atoms with E-state index in [1.807, 2.05) is 0 Å². The second-order valence-electron chi connectivity index (χ2n) is 14.0. The van der Waals surface area contributed by atoms with Crippen LogP contribution in [0, 0.1) is 0 Å². The minimum absolute atomic E-state index is 0. The van der Waals surface area contributed by atoms with Gasteiger partial charge in [-0.05, 0) is 16.2 Å². The van der Waals surface area contributed by atoms with Gasteiger partial charge in [0.15, 0.2) is 0 Å². The van der Waals surface area contributed by atoms with E-state index in [0.29, 0.717) is 0 Å². The second kappa shape index (κ2) is 9.91. The number of rotatable bonds is 0. The van der Waals surface area contributed by atoms with Gasteiger partial charge in [-0.3, -0.25) is 0 Å². The van der Waals surface area contributed by atoms with Crippen LogP contribution in [0.4, 0.5) is 0 Å². The van der Waals surface area contributed by atoms with E-state index in [1.165, 1.54) is 43.8 Å². The predicted molar refractivity (Wildman–Crippen MR) is 154 cm³/mol. The monoisotopic (exact) mass is 509 g/mol. The average Bonchev–Trinajstić information content (AvgIpc) is 3.27. The molecule has 0 nitrogen and oxygen atoms in total. The van der Waals surface area contributed by atoms with Crippen molar-refractivity contribution in [2.75, 3.05) is 0 Å². The maximum absolute atomic E-state index is 2.41. The molecule has 0 spiro atoms. The second-order valence-corrected chi connectivity index (χ2v) is 14.0. The summed E-state index contributed by atoms with van der Waals surface area (Å²) in [5.41, 5.74) is 6.73. The molecule has 0 amide bonds. The molecular weight excluding hydrogens is 463 g/mol. The SMILES string of the molecule is CC(C)(C)c1c[c-](C(C)(C)C)c2ccccc12.CC(C)(C)c1cc(C(C)(C)C)[c-]2ccccc12.[Mn+2]. The molecule has 0 saturated heterocycles. The van der Waals surface area contributed by atoms with Crippen molar-refractivity contribution in [2.24, 2.45) is 0 Å². The molecule has 0 aliphatic rings. The number of fused-ring (bicyclic) bond motifs is 2. The molecule has 1 heteroatoms. The zero-order valence-electron chi connectivity index (χ0n) is 24.2. The van der Waals surface area contributed by atoms with Crippen molar-refractivity contribution < 1.29 is 17.1 Å². The average molecular weight is 510 g/mol. The van der Waals surface area contributed by atoms with Crippen LogP contribution in [-0.2, 0) is 38.7 Å². The van der Waals surface area contributed by atoms with E-state index in [2.05, 4.69) is 144 Å². The fourth-order valence-electron chi connectivity index (χ4n) is 4.99. The summed E-state index contributed by atoms with van der Waals surface area (Å²) in [5, 5.41) is 5.68. The third kappa shape index (κ3) is 6.31. The number of hydrogen-bond donors (Lipinski definition) is 0. The van der Waals surface area contributed by atoms with Crippen LogP contribution in [0.3, 0.4) is 0 Å². The van der Waals surface area contributed by atoms with Gasteiger partial charge in [0.1, 0.15) is 0 Å². The van der Waals surface area contributed by atoms with Gasteiger partial charge in [0.25, 0.3) is 0 Å². The van der Waals surface area contributed by atoms with Crippen LogP contribution < -0.4 is 0 Å². The minimum atomic E-state index is 0. The molecule has 35 heavy (non-hydrogen) atoms. The summed E-state index contributed by atoms with van der Waals surface area (Å²) < 4.78 is 0.